The van der Waals surface area contributed by atoms with Crippen molar-refractivity contribution in [1.29, 1.82) is 0 Å². The Kier molecular flexibility index (Phi) is 4.74. The molecule has 3 aromatic rings. The second-order valence-electron chi connectivity index (χ2n) is 7.20. The standard InChI is InChI=1S/C21H22FN3O3/c1-13-17-15(9-8-14-6-4-3-5-7-14)10-25(19(17)24-12-23-13)20-21(2,22)18(27)16(11-26)28-20/h3-10,12,16,18,20,26-27H,11H2,1-2H3/b9-8+/t16-,18-,20-,21-/m1/s1. The lowest BCUT2D eigenvalue weighted by atomic mass is 9.98. The maximum absolute atomic E-state index is 15.3. The third kappa shape index (κ3) is 3.01. The van der Waals surface area contributed by atoms with Crippen LogP contribution in [-0.2, 0) is 4.74 Å². The summed E-state index contributed by atoms with van der Waals surface area (Å²) in [6.45, 7) is 2.67. The van der Waals surface area contributed by atoms with Gasteiger partial charge in [-0.1, -0.05) is 42.5 Å². The zero-order valence-corrected chi connectivity index (χ0v) is 15.7. The number of halogens is 1. The summed E-state index contributed by atoms with van der Waals surface area (Å²) in [4.78, 5) is 8.59. The molecule has 2 aromatic heterocycles. The number of alkyl halides is 1. The molecule has 0 amide bonds. The van der Waals surface area contributed by atoms with E-state index in [1.54, 1.807) is 10.8 Å². The van der Waals surface area contributed by atoms with E-state index in [-0.39, 0.29) is 0 Å². The first-order valence-corrected chi connectivity index (χ1v) is 9.12. The van der Waals surface area contributed by atoms with Gasteiger partial charge in [0.25, 0.3) is 0 Å². The van der Waals surface area contributed by atoms with Gasteiger partial charge in [-0.2, -0.15) is 0 Å². The fourth-order valence-electron chi connectivity index (χ4n) is 3.69. The summed E-state index contributed by atoms with van der Waals surface area (Å²) in [5.41, 5.74) is 1.03. The predicted octanol–water partition coefficient (Wildman–Crippen LogP) is 2.89. The van der Waals surface area contributed by atoms with Crippen molar-refractivity contribution in [2.24, 2.45) is 0 Å². The van der Waals surface area contributed by atoms with Gasteiger partial charge in [0.1, 0.15) is 24.2 Å². The van der Waals surface area contributed by atoms with E-state index in [2.05, 4.69) is 9.97 Å². The SMILES string of the molecule is Cc1ncnc2c1c(/C=C/c1ccccc1)cn2[C@@H]1O[C@H](CO)[C@@H](O)[C@@]1(C)F. The van der Waals surface area contributed by atoms with E-state index in [4.69, 9.17) is 4.74 Å². The highest BCUT2D eigenvalue weighted by Gasteiger charge is 2.55. The number of ether oxygens (including phenoxy) is 1. The Morgan fingerprint density at radius 3 is 2.68 bits per heavy atom. The van der Waals surface area contributed by atoms with Crippen LogP contribution >= 0.6 is 0 Å². The van der Waals surface area contributed by atoms with Crippen LogP contribution in [0.1, 0.15) is 30.0 Å². The first-order valence-electron chi connectivity index (χ1n) is 9.12. The summed E-state index contributed by atoms with van der Waals surface area (Å²) in [5, 5.41) is 20.4. The van der Waals surface area contributed by atoms with Crippen LogP contribution in [0.5, 0.6) is 0 Å². The molecule has 0 radical (unpaired) electrons. The maximum Gasteiger partial charge on any atom is 0.181 e. The van der Waals surface area contributed by atoms with Crippen molar-refractivity contribution in [3.8, 4) is 0 Å². The third-order valence-corrected chi connectivity index (χ3v) is 5.23. The van der Waals surface area contributed by atoms with Gasteiger partial charge in [-0.25, -0.2) is 14.4 Å². The first kappa shape index (κ1) is 18.7. The topological polar surface area (TPSA) is 80.4 Å². The number of hydrogen-bond acceptors (Lipinski definition) is 5. The lowest BCUT2D eigenvalue weighted by Crippen LogP contribution is -2.40. The molecular weight excluding hydrogens is 361 g/mol. The summed E-state index contributed by atoms with van der Waals surface area (Å²) in [5.74, 6) is 0. The number of rotatable bonds is 4. The summed E-state index contributed by atoms with van der Waals surface area (Å²) in [6, 6.07) is 9.83. The Balaban J connectivity index is 1.83. The van der Waals surface area contributed by atoms with Gasteiger partial charge in [0.2, 0.25) is 0 Å². The lowest BCUT2D eigenvalue weighted by molar-refractivity contribution is -0.0564. The fraction of sp³-hybridized carbons (Fsp3) is 0.333. The van der Waals surface area contributed by atoms with Gasteiger partial charge in [0.15, 0.2) is 11.9 Å². The number of aliphatic hydroxyl groups is 2. The summed E-state index contributed by atoms with van der Waals surface area (Å²) in [6.07, 6.45) is 3.50. The minimum atomic E-state index is -2.08. The molecule has 1 aliphatic heterocycles. The Hall–Kier alpha value is -2.61. The monoisotopic (exact) mass is 383 g/mol. The molecule has 0 aliphatic carbocycles. The second kappa shape index (κ2) is 7.09. The smallest absolute Gasteiger partial charge is 0.181 e. The van der Waals surface area contributed by atoms with Crippen LogP contribution in [-0.4, -0.2) is 49.2 Å². The molecule has 1 aliphatic rings. The van der Waals surface area contributed by atoms with Gasteiger partial charge in [0, 0.05) is 17.1 Å². The van der Waals surface area contributed by atoms with E-state index < -0.39 is 30.7 Å². The van der Waals surface area contributed by atoms with Crippen LogP contribution < -0.4 is 0 Å². The molecule has 2 N–H and O–H groups in total. The lowest BCUT2D eigenvalue weighted by Gasteiger charge is -2.25. The normalized spacial score (nSPS) is 27.8. The van der Waals surface area contributed by atoms with E-state index in [1.165, 1.54) is 13.3 Å². The number of aryl methyl sites for hydroxylation is 1. The molecule has 7 heteroatoms. The molecule has 0 spiro atoms. The minimum Gasteiger partial charge on any atom is -0.394 e. The largest absolute Gasteiger partial charge is 0.394 e. The molecule has 0 saturated carbocycles. The molecule has 4 atom stereocenters. The zero-order valence-electron chi connectivity index (χ0n) is 15.7. The molecule has 1 aromatic carbocycles. The van der Waals surface area contributed by atoms with Gasteiger partial charge >= 0.3 is 0 Å². The van der Waals surface area contributed by atoms with Gasteiger partial charge < -0.3 is 19.5 Å². The highest BCUT2D eigenvalue weighted by Crippen LogP contribution is 2.43. The fourth-order valence-corrected chi connectivity index (χ4v) is 3.69. The van der Waals surface area contributed by atoms with Crippen molar-refractivity contribution in [1.82, 2.24) is 14.5 Å². The van der Waals surface area contributed by atoms with Crippen molar-refractivity contribution in [3.05, 3.63) is 59.7 Å². The molecule has 1 fully saturated rings. The Morgan fingerprint density at radius 2 is 2.00 bits per heavy atom. The van der Waals surface area contributed by atoms with Gasteiger partial charge in [-0.15, -0.1) is 0 Å². The zero-order chi connectivity index (χ0) is 19.9. The molecule has 28 heavy (non-hydrogen) atoms. The number of benzene rings is 1. The van der Waals surface area contributed by atoms with Crippen molar-refractivity contribution >= 4 is 23.2 Å². The molecule has 6 nitrogen and oxygen atoms in total. The predicted molar refractivity (Wildman–Crippen MR) is 104 cm³/mol. The van der Waals surface area contributed by atoms with Crippen molar-refractivity contribution < 1.29 is 19.3 Å². The first-order chi connectivity index (χ1) is 13.4. The number of aromatic nitrogens is 3. The highest BCUT2D eigenvalue weighted by atomic mass is 19.1. The highest BCUT2D eigenvalue weighted by molar-refractivity contribution is 5.91. The van der Waals surface area contributed by atoms with Crippen molar-refractivity contribution in [2.75, 3.05) is 6.61 Å². The Bertz CT molecular complexity index is 1020. The van der Waals surface area contributed by atoms with E-state index in [1.807, 2.05) is 49.4 Å². The quantitative estimate of drug-likeness (QED) is 0.724. The number of aliphatic hydroxyl groups excluding tert-OH is 2. The minimum absolute atomic E-state index is 0.467. The van der Waals surface area contributed by atoms with Crippen molar-refractivity contribution in [3.63, 3.8) is 0 Å². The van der Waals surface area contributed by atoms with Crippen LogP contribution in [0.25, 0.3) is 23.2 Å². The average molecular weight is 383 g/mol. The molecule has 0 unspecified atom stereocenters. The van der Waals surface area contributed by atoms with Crippen LogP contribution in [0.3, 0.4) is 0 Å². The van der Waals surface area contributed by atoms with Crippen LogP contribution in [0.15, 0.2) is 42.9 Å². The number of fused-ring (bicyclic) bond motifs is 1. The van der Waals surface area contributed by atoms with Gasteiger partial charge in [-0.05, 0) is 19.4 Å². The van der Waals surface area contributed by atoms with E-state index in [0.29, 0.717) is 5.65 Å². The summed E-state index contributed by atoms with van der Waals surface area (Å²) < 4.78 is 22.5. The van der Waals surface area contributed by atoms with Crippen LogP contribution in [0.4, 0.5) is 4.39 Å². The average Bonchev–Trinajstić information content (AvgIpc) is 3.17. The second-order valence-corrected chi connectivity index (χ2v) is 7.20. The maximum atomic E-state index is 15.3. The van der Waals surface area contributed by atoms with Gasteiger partial charge in [0.05, 0.1) is 12.3 Å². The molecule has 1 saturated heterocycles. The molecule has 0 bridgehead atoms. The van der Waals surface area contributed by atoms with Crippen molar-refractivity contribution in [2.45, 2.75) is 38.0 Å². The van der Waals surface area contributed by atoms with E-state index >= 15 is 4.39 Å². The van der Waals surface area contributed by atoms with Crippen LogP contribution in [0, 0.1) is 6.92 Å². The molecule has 3 heterocycles. The Labute approximate surface area is 161 Å². The molecule has 146 valence electrons. The molecule has 4 rings (SSSR count). The van der Waals surface area contributed by atoms with E-state index in [0.717, 1.165) is 22.2 Å². The third-order valence-electron chi connectivity index (χ3n) is 5.23. The summed E-state index contributed by atoms with van der Waals surface area (Å²) >= 11 is 0. The van der Waals surface area contributed by atoms with Gasteiger partial charge in [-0.3, -0.25) is 0 Å². The number of nitrogens with zero attached hydrogens (tertiary/aromatic N) is 3. The number of hydrogen-bond donors (Lipinski definition) is 2. The summed E-state index contributed by atoms with van der Waals surface area (Å²) in [7, 11) is 0. The molecular formula is C21H22FN3O3. The van der Waals surface area contributed by atoms with Crippen LogP contribution in [0.2, 0.25) is 0 Å². The Morgan fingerprint density at radius 1 is 1.25 bits per heavy atom. The van der Waals surface area contributed by atoms with E-state index in [9.17, 15) is 10.2 Å².